The average Bonchev–Trinajstić information content (AvgIpc) is 2.24. The van der Waals surface area contributed by atoms with Crippen LogP contribution in [-0.2, 0) is 4.79 Å². The maximum absolute atomic E-state index is 11.0. The van der Waals surface area contributed by atoms with Crippen molar-refractivity contribution < 1.29 is 9.90 Å². The van der Waals surface area contributed by atoms with E-state index in [-0.39, 0.29) is 12.0 Å². The standard InChI is InChI=1S/C13H25NO2/c1-10(2)12(13(15)16)14-9-8-11-6-4-3-5-7-11/h10-12,14H,3-9H2,1-2H3,(H,15,16). The third-order valence-corrected chi connectivity index (χ3v) is 3.57. The SMILES string of the molecule is CC(C)C(NCCC1CCCCC1)C(=O)O. The van der Waals surface area contributed by atoms with Gasteiger partial charge in [0.05, 0.1) is 0 Å². The van der Waals surface area contributed by atoms with Gasteiger partial charge in [-0.05, 0) is 24.8 Å². The molecule has 94 valence electrons. The first kappa shape index (κ1) is 13.5. The molecule has 1 aliphatic carbocycles. The van der Waals surface area contributed by atoms with Crippen LogP contribution in [0.2, 0.25) is 0 Å². The number of hydrogen-bond acceptors (Lipinski definition) is 2. The lowest BCUT2D eigenvalue weighted by molar-refractivity contribution is -0.140. The minimum Gasteiger partial charge on any atom is -0.480 e. The van der Waals surface area contributed by atoms with Gasteiger partial charge < -0.3 is 10.4 Å². The Morgan fingerprint density at radius 3 is 2.44 bits per heavy atom. The monoisotopic (exact) mass is 227 g/mol. The van der Waals surface area contributed by atoms with E-state index in [0.717, 1.165) is 18.9 Å². The van der Waals surface area contributed by atoms with E-state index < -0.39 is 5.97 Å². The summed E-state index contributed by atoms with van der Waals surface area (Å²) >= 11 is 0. The van der Waals surface area contributed by atoms with Crippen LogP contribution in [0.1, 0.15) is 52.4 Å². The van der Waals surface area contributed by atoms with Crippen LogP contribution in [0.15, 0.2) is 0 Å². The molecule has 0 spiro atoms. The Labute approximate surface area is 98.6 Å². The minimum absolute atomic E-state index is 0.156. The second-order valence-electron chi connectivity index (χ2n) is 5.31. The number of carboxylic acids is 1. The van der Waals surface area contributed by atoms with Gasteiger partial charge in [0.25, 0.3) is 0 Å². The molecule has 1 fully saturated rings. The smallest absolute Gasteiger partial charge is 0.320 e. The summed E-state index contributed by atoms with van der Waals surface area (Å²) in [6.45, 7) is 4.75. The van der Waals surface area contributed by atoms with Crippen LogP contribution >= 0.6 is 0 Å². The highest BCUT2D eigenvalue weighted by atomic mass is 16.4. The predicted octanol–water partition coefficient (Wildman–Crippen LogP) is 2.66. The molecule has 0 aromatic heterocycles. The summed E-state index contributed by atoms with van der Waals surface area (Å²) in [5.41, 5.74) is 0. The Bertz CT molecular complexity index is 210. The fraction of sp³-hybridized carbons (Fsp3) is 0.923. The number of rotatable bonds is 6. The first-order valence-electron chi connectivity index (χ1n) is 6.57. The van der Waals surface area contributed by atoms with E-state index >= 15 is 0 Å². The molecule has 0 aromatic rings. The Morgan fingerprint density at radius 2 is 1.94 bits per heavy atom. The van der Waals surface area contributed by atoms with Gasteiger partial charge in [-0.2, -0.15) is 0 Å². The summed E-state index contributed by atoms with van der Waals surface area (Å²) < 4.78 is 0. The number of hydrogen-bond donors (Lipinski definition) is 2. The Morgan fingerprint density at radius 1 is 1.31 bits per heavy atom. The second kappa shape index (κ2) is 6.89. The van der Waals surface area contributed by atoms with Gasteiger partial charge in [0.1, 0.15) is 6.04 Å². The molecule has 0 aliphatic heterocycles. The third kappa shape index (κ3) is 4.52. The fourth-order valence-electron chi connectivity index (χ4n) is 2.53. The van der Waals surface area contributed by atoms with Crippen LogP contribution < -0.4 is 5.32 Å². The molecule has 3 heteroatoms. The van der Waals surface area contributed by atoms with Gasteiger partial charge in [-0.3, -0.25) is 4.79 Å². The van der Waals surface area contributed by atoms with Crippen LogP contribution in [0.5, 0.6) is 0 Å². The zero-order valence-electron chi connectivity index (χ0n) is 10.5. The van der Waals surface area contributed by atoms with Gasteiger partial charge in [0.15, 0.2) is 0 Å². The number of carboxylic acid groups (broad SMARTS) is 1. The second-order valence-corrected chi connectivity index (χ2v) is 5.31. The van der Waals surface area contributed by atoms with Crippen LogP contribution in [0.3, 0.4) is 0 Å². The van der Waals surface area contributed by atoms with Gasteiger partial charge in [0.2, 0.25) is 0 Å². The molecule has 16 heavy (non-hydrogen) atoms. The van der Waals surface area contributed by atoms with Crippen LogP contribution in [-0.4, -0.2) is 23.7 Å². The van der Waals surface area contributed by atoms with Crippen molar-refractivity contribution in [1.82, 2.24) is 5.32 Å². The van der Waals surface area contributed by atoms with Crippen molar-refractivity contribution in [3.63, 3.8) is 0 Å². The van der Waals surface area contributed by atoms with E-state index in [2.05, 4.69) is 5.32 Å². The van der Waals surface area contributed by atoms with Crippen LogP contribution in [0.4, 0.5) is 0 Å². The number of nitrogens with one attached hydrogen (secondary N) is 1. The van der Waals surface area contributed by atoms with E-state index in [4.69, 9.17) is 5.11 Å². The molecule has 1 saturated carbocycles. The summed E-state index contributed by atoms with van der Waals surface area (Å²) in [6.07, 6.45) is 7.90. The summed E-state index contributed by atoms with van der Waals surface area (Å²) in [6, 6.07) is -0.386. The zero-order chi connectivity index (χ0) is 12.0. The largest absolute Gasteiger partial charge is 0.480 e. The Hall–Kier alpha value is -0.570. The van der Waals surface area contributed by atoms with E-state index in [1.165, 1.54) is 32.1 Å². The third-order valence-electron chi connectivity index (χ3n) is 3.57. The van der Waals surface area contributed by atoms with Crippen molar-refractivity contribution in [2.24, 2.45) is 11.8 Å². The highest BCUT2D eigenvalue weighted by Gasteiger charge is 2.21. The molecule has 0 bridgehead atoms. The van der Waals surface area contributed by atoms with Crippen LogP contribution in [0, 0.1) is 11.8 Å². The van der Waals surface area contributed by atoms with Crippen molar-refractivity contribution in [2.75, 3.05) is 6.54 Å². The number of carbonyl (C=O) groups is 1. The maximum atomic E-state index is 11.0. The summed E-state index contributed by atoms with van der Waals surface area (Å²) in [5, 5.41) is 12.2. The van der Waals surface area contributed by atoms with Crippen molar-refractivity contribution >= 4 is 5.97 Å². The van der Waals surface area contributed by atoms with E-state index in [1.807, 2.05) is 13.8 Å². The molecule has 0 radical (unpaired) electrons. The predicted molar refractivity (Wildman–Crippen MR) is 65.5 cm³/mol. The van der Waals surface area contributed by atoms with E-state index in [1.54, 1.807) is 0 Å². The quantitative estimate of drug-likeness (QED) is 0.733. The molecular weight excluding hydrogens is 202 g/mol. The Balaban J connectivity index is 2.19. The lowest BCUT2D eigenvalue weighted by Crippen LogP contribution is -2.41. The molecule has 0 amide bonds. The fourth-order valence-corrected chi connectivity index (χ4v) is 2.53. The molecule has 1 aliphatic rings. The molecule has 1 rings (SSSR count). The lowest BCUT2D eigenvalue weighted by Gasteiger charge is -2.23. The van der Waals surface area contributed by atoms with Gasteiger partial charge in [-0.25, -0.2) is 0 Å². The highest BCUT2D eigenvalue weighted by Crippen LogP contribution is 2.25. The lowest BCUT2D eigenvalue weighted by atomic mass is 9.87. The molecular formula is C13H25NO2. The van der Waals surface area contributed by atoms with Crippen molar-refractivity contribution in [3.05, 3.63) is 0 Å². The molecule has 0 heterocycles. The van der Waals surface area contributed by atoms with Crippen molar-refractivity contribution in [1.29, 1.82) is 0 Å². The number of aliphatic carboxylic acids is 1. The average molecular weight is 227 g/mol. The van der Waals surface area contributed by atoms with Gasteiger partial charge >= 0.3 is 5.97 Å². The molecule has 2 N–H and O–H groups in total. The summed E-state index contributed by atoms with van der Waals surface area (Å²) in [7, 11) is 0. The normalized spacial score (nSPS) is 19.9. The van der Waals surface area contributed by atoms with E-state index in [9.17, 15) is 4.79 Å². The molecule has 1 unspecified atom stereocenters. The first-order valence-corrected chi connectivity index (χ1v) is 6.57. The first-order chi connectivity index (χ1) is 7.61. The van der Waals surface area contributed by atoms with Crippen molar-refractivity contribution in [2.45, 2.75) is 58.4 Å². The topological polar surface area (TPSA) is 49.3 Å². The molecule has 0 aromatic carbocycles. The van der Waals surface area contributed by atoms with Crippen LogP contribution in [0.25, 0.3) is 0 Å². The Kier molecular flexibility index (Phi) is 5.81. The minimum atomic E-state index is -0.723. The molecule has 1 atom stereocenters. The molecule has 0 saturated heterocycles. The van der Waals surface area contributed by atoms with E-state index in [0.29, 0.717) is 0 Å². The zero-order valence-corrected chi connectivity index (χ0v) is 10.5. The highest BCUT2D eigenvalue weighted by molar-refractivity contribution is 5.73. The van der Waals surface area contributed by atoms with Crippen molar-refractivity contribution in [3.8, 4) is 0 Å². The summed E-state index contributed by atoms with van der Waals surface area (Å²) in [4.78, 5) is 11.0. The van der Waals surface area contributed by atoms with Gasteiger partial charge in [-0.15, -0.1) is 0 Å². The molecule has 3 nitrogen and oxygen atoms in total. The maximum Gasteiger partial charge on any atom is 0.320 e. The summed E-state index contributed by atoms with van der Waals surface area (Å²) in [5.74, 6) is 0.255. The van der Waals surface area contributed by atoms with Gasteiger partial charge in [-0.1, -0.05) is 46.0 Å². The van der Waals surface area contributed by atoms with Gasteiger partial charge in [0, 0.05) is 0 Å².